The smallest absolute Gasteiger partial charge is 0.141 e. The summed E-state index contributed by atoms with van der Waals surface area (Å²) in [7, 11) is 0. The summed E-state index contributed by atoms with van der Waals surface area (Å²) in [6, 6.07) is 0. The first kappa shape index (κ1) is 21.3. The molecule has 0 spiro atoms. The second-order valence-electron chi connectivity index (χ2n) is 5.11. The Hall–Kier alpha value is -0.760. The Kier molecular flexibility index (Phi) is 11.2. The van der Waals surface area contributed by atoms with Gasteiger partial charge in [-0.3, -0.25) is 0 Å². The molecule has 1 aliphatic heterocycles. The van der Waals surface area contributed by atoms with Crippen LogP contribution in [-0.4, -0.2) is 62.5 Å². The van der Waals surface area contributed by atoms with Gasteiger partial charge in [-0.2, -0.15) is 0 Å². The third kappa shape index (κ3) is 6.63. The van der Waals surface area contributed by atoms with Crippen LogP contribution in [0.15, 0.2) is 50.6 Å². The van der Waals surface area contributed by atoms with Crippen LogP contribution in [0.4, 0.5) is 0 Å². The predicted octanol–water partition coefficient (Wildman–Crippen LogP) is 3.02. The number of hydrogen-bond acceptors (Lipinski definition) is 5. The van der Waals surface area contributed by atoms with Crippen LogP contribution in [0.3, 0.4) is 0 Å². The zero-order chi connectivity index (χ0) is 17.8. The lowest BCUT2D eigenvalue weighted by molar-refractivity contribution is -0.238. The van der Waals surface area contributed by atoms with E-state index in [4.69, 9.17) is 23.7 Å². The molecule has 0 radical (unpaired) electrons. The molecular weight excluding hydrogens is 376 g/mol. The summed E-state index contributed by atoms with van der Waals surface area (Å²) in [6.45, 7) is 16.7. The van der Waals surface area contributed by atoms with Crippen molar-refractivity contribution >= 4 is 15.9 Å². The summed E-state index contributed by atoms with van der Waals surface area (Å²) >= 11 is 3.52. The average molecular weight is 403 g/mol. The second kappa shape index (κ2) is 12.6. The van der Waals surface area contributed by atoms with Crippen LogP contribution in [0.1, 0.15) is 0 Å². The van der Waals surface area contributed by atoms with Crippen molar-refractivity contribution in [3.05, 3.63) is 50.6 Å². The molecule has 6 heteroatoms. The molecule has 1 heterocycles. The van der Waals surface area contributed by atoms with Gasteiger partial charge in [0.25, 0.3) is 0 Å². The van der Waals surface area contributed by atoms with Crippen LogP contribution < -0.4 is 0 Å². The number of rotatable bonds is 13. The monoisotopic (exact) mass is 402 g/mol. The predicted molar refractivity (Wildman–Crippen MR) is 98.4 cm³/mol. The van der Waals surface area contributed by atoms with Gasteiger partial charge in [0.2, 0.25) is 0 Å². The number of hydrogen-bond donors (Lipinski definition) is 0. The first-order valence-corrected chi connectivity index (χ1v) is 8.76. The zero-order valence-corrected chi connectivity index (χ0v) is 15.6. The van der Waals surface area contributed by atoms with E-state index in [0.29, 0.717) is 33.0 Å². The third-order valence-corrected chi connectivity index (χ3v) is 4.05. The van der Waals surface area contributed by atoms with Crippen molar-refractivity contribution in [2.75, 3.05) is 33.0 Å². The zero-order valence-electron chi connectivity index (χ0n) is 14.0. The maximum atomic E-state index is 6.00. The quantitative estimate of drug-likeness (QED) is 0.269. The topological polar surface area (TPSA) is 46.2 Å². The van der Waals surface area contributed by atoms with Crippen LogP contribution in [0.5, 0.6) is 0 Å². The molecule has 0 aromatic carbocycles. The van der Waals surface area contributed by atoms with Gasteiger partial charge in [-0.1, -0.05) is 40.2 Å². The number of alkyl halides is 1. The van der Waals surface area contributed by atoms with Gasteiger partial charge in [0.1, 0.15) is 29.4 Å². The van der Waals surface area contributed by atoms with E-state index in [0.717, 1.165) is 0 Å². The minimum Gasteiger partial charge on any atom is -0.375 e. The number of ether oxygens (including phenoxy) is 5. The lowest BCUT2D eigenvalue weighted by atomic mass is 9.99. The minimum absolute atomic E-state index is 0.312. The molecule has 1 rings (SSSR count). The Labute approximate surface area is 153 Å². The van der Waals surface area contributed by atoms with E-state index in [1.807, 2.05) is 0 Å². The van der Waals surface area contributed by atoms with Crippen molar-refractivity contribution in [3.63, 3.8) is 0 Å². The molecule has 0 N–H and O–H groups in total. The van der Waals surface area contributed by atoms with Crippen molar-refractivity contribution in [1.29, 1.82) is 0 Å². The standard InChI is InChI=1S/C18H27BrO5/c1-5-9-20-13-14-15(21-10-6-2)16(22-11-7-3)17(18(19)24-14)23-12-8-4/h5-8,14-18H,1-4,9-13H2/t14-,15-,16+,17-,18+/m1/s1. The van der Waals surface area contributed by atoms with Crippen molar-refractivity contribution in [3.8, 4) is 0 Å². The molecule has 0 saturated carbocycles. The Morgan fingerprint density at radius 3 is 1.79 bits per heavy atom. The lowest BCUT2D eigenvalue weighted by Gasteiger charge is -2.44. The van der Waals surface area contributed by atoms with Gasteiger partial charge >= 0.3 is 0 Å². The van der Waals surface area contributed by atoms with Crippen molar-refractivity contribution in [1.82, 2.24) is 0 Å². The fourth-order valence-corrected chi connectivity index (χ4v) is 3.10. The normalized spacial score (nSPS) is 29.8. The highest BCUT2D eigenvalue weighted by molar-refractivity contribution is 9.09. The molecule has 5 atom stereocenters. The summed E-state index contributed by atoms with van der Waals surface area (Å²) in [5, 5.41) is -0.354. The molecule has 5 nitrogen and oxygen atoms in total. The van der Waals surface area contributed by atoms with Crippen LogP contribution in [-0.2, 0) is 23.7 Å². The molecule has 0 aliphatic carbocycles. The maximum Gasteiger partial charge on any atom is 0.141 e. The molecule has 1 aliphatic rings. The fraction of sp³-hybridized carbons (Fsp3) is 0.556. The molecule has 1 saturated heterocycles. The molecule has 24 heavy (non-hydrogen) atoms. The largest absolute Gasteiger partial charge is 0.375 e. The molecular formula is C18H27BrO5. The Morgan fingerprint density at radius 2 is 1.25 bits per heavy atom. The molecule has 0 aromatic heterocycles. The van der Waals surface area contributed by atoms with Gasteiger partial charge in [-0.15, -0.1) is 26.3 Å². The van der Waals surface area contributed by atoms with Crippen molar-refractivity contribution < 1.29 is 23.7 Å². The van der Waals surface area contributed by atoms with Gasteiger partial charge < -0.3 is 23.7 Å². The highest BCUT2D eigenvalue weighted by atomic mass is 79.9. The third-order valence-electron chi connectivity index (χ3n) is 3.31. The van der Waals surface area contributed by atoms with Gasteiger partial charge in [0.15, 0.2) is 0 Å². The Balaban J connectivity index is 2.92. The minimum atomic E-state index is -0.364. The highest BCUT2D eigenvalue weighted by Gasteiger charge is 2.47. The highest BCUT2D eigenvalue weighted by Crippen LogP contribution is 2.31. The van der Waals surface area contributed by atoms with Crippen molar-refractivity contribution in [2.24, 2.45) is 0 Å². The van der Waals surface area contributed by atoms with Gasteiger partial charge in [0, 0.05) is 0 Å². The fourth-order valence-electron chi connectivity index (χ4n) is 2.37. The summed E-state index contributed by atoms with van der Waals surface area (Å²) in [4.78, 5) is 0. The van der Waals surface area contributed by atoms with Crippen LogP contribution in [0.2, 0.25) is 0 Å². The summed E-state index contributed by atoms with van der Waals surface area (Å²) in [6.07, 6.45) is 5.37. The van der Waals surface area contributed by atoms with E-state index < -0.39 is 0 Å². The second-order valence-corrected chi connectivity index (χ2v) is 6.01. The molecule has 0 unspecified atom stereocenters. The van der Waals surface area contributed by atoms with E-state index in [2.05, 4.69) is 42.2 Å². The van der Waals surface area contributed by atoms with E-state index in [1.54, 1.807) is 24.3 Å². The molecule has 1 fully saturated rings. The van der Waals surface area contributed by atoms with Crippen LogP contribution in [0, 0.1) is 0 Å². The first-order chi connectivity index (χ1) is 11.7. The van der Waals surface area contributed by atoms with Gasteiger partial charge in [-0.05, 0) is 0 Å². The van der Waals surface area contributed by atoms with Gasteiger partial charge in [-0.25, -0.2) is 0 Å². The summed E-state index contributed by atoms with van der Waals surface area (Å²) < 4.78 is 29.2. The first-order valence-electron chi connectivity index (χ1n) is 7.85. The summed E-state index contributed by atoms with van der Waals surface area (Å²) in [5.74, 6) is 0. The maximum absolute atomic E-state index is 6.00. The van der Waals surface area contributed by atoms with E-state index in [-0.39, 0.29) is 29.4 Å². The SMILES string of the molecule is C=CCOC[C@H]1O[C@H](Br)[C@H](OCC=C)[C@@H](OCC=C)[C@@H]1OCC=C. The lowest BCUT2D eigenvalue weighted by Crippen LogP contribution is -2.60. The van der Waals surface area contributed by atoms with E-state index in [9.17, 15) is 0 Å². The van der Waals surface area contributed by atoms with E-state index >= 15 is 0 Å². The molecule has 0 aromatic rings. The molecule has 0 bridgehead atoms. The molecule has 0 amide bonds. The van der Waals surface area contributed by atoms with Gasteiger partial charge in [0.05, 0.1) is 33.0 Å². The summed E-state index contributed by atoms with van der Waals surface area (Å²) in [5.41, 5.74) is 0. The average Bonchev–Trinajstić information content (AvgIpc) is 2.58. The van der Waals surface area contributed by atoms with Crippen molar-refractivity contribution in [2.45, 2.75) is 29.4 Å². The number of halogens is 1. The Morgan fingerprint density at radius 1 is 0.750 bits per heavy atom. The molecule has 136 valence electrons. The van der Waals surface area contributed by atoms with E-state index in [1.165, 1.54) is 0 Å². The van der Waals surface area contributed by atoms with Crippen LogP contribution >= 0.6 is 15.9 Å². The Bertz CT molecular complexity index is 401. The van der Waals surface area contributed by atoms with Crippen LogP contribution in [0.25, 0.3) is 0 Å².